The fraction of sp³-hybridized carbons (Fsp3) is 0.194. The maximum Gasteiger partial charge on any atom is 0.335 e. The molecule has 9 heteroatoms. The summed E-state index contributed by atoms with van der Waals surface area (Å²) < 4.78 is 12.9. The van der Waals surface area contributed by atoms with Crippen molar-refractivity contribution in [2.45, 2.75) is 40.2 Å². The molecule has 45 heavy (non-hydrogen) atoms. The van der Waals surface area contributed by atoms with Crippen LogP contribution in [0.2, 0.25) is 0 Å². The topological polar surface area (TPSA) is 88.4 Å². The Kier molecular flexibility index (Phi) is 10.6. The summed E-state index contributed by atoms with van der Waals surface area (Å²) in [7, 11) is 0. The maximum atomic E-state index is 13.9. The highest BCUT2D eigenvalue weighted by Crippen LogP contribution is 2.40. The van der Waals surface area contributed by atoms with E-state index in [-0.39, 0.29) is 18.1 Å². The number of hydrogen-bond donors (Lipinski definition) is 1. The fourth-order valence-corrected chi connectivity index (χ4v) is 6.53. The van der Waals surface area contributed by atoms with E-state index >= 15 is 0 Å². The number of thioether (sulfide) groups is 1. The van der Waals surface area contributed by atoms with Crippen LogP contribution in [-0.2, 0) is 24.2 Å². The number of aliphatic imine (C=N–C) groups is 1. The van der Waals surface area contributed by atoms with E-state index in [0.717, 1.165) is 38.9 Å². The number of rotatable bonds is 11. The molecule has 1 amide bonds. The number of carboxylic acids is 1. The van der Waals surface area contributed by atoms with E-state index in [1.807, 2.05) is 67.6 Å². The van der Waals surface area contributed by atoms with Crippen LogP contribution in [0.3, 0.4) is 0 Å². The van der Waals surface area contributed by atoms with E-state index in [4.69, 9.17) is 14.5 Å². The van der Waals surface area contributed by atoms with Crippen molar-refractivity contribution in [3.63, 3.8) is 0 Å². The lowest BCUT2D eigenvalue weighted by molar-refractivity contribution is -0.113. The lowest BCUT2D eigenvalue weighted by Crippen LogP contribution is -2.28. The Hall–Kier alpha value is -4.09. The molecule has 0 spiro atoms. The Bertz CT molecular complexity index is 1770. The Morgan fingerprint density at radius 2 is 1.60 bits per heavy atom. The SMILES string of the molecule is CCOc1cc(/C=C2\SC(=Nc3ccc(CC)cc3)N(c3ccc(CC)cc3)C2=O)cc(I)c1OCc1cccc(C(=O)O)c1. The second kappa shape index (κ2) is 14.8. The number of aromatic carboxylic acids is 1. The maximum absolute atomic E-state index is 13.9. The van der Waals surface area contributed by atoms with Crippen LogP contribution in [0.5, 0.6) is 11.5 Å². The number of aryl methyl sites for hydroxylation is 2. The molecule has 1 N–H and O–H groups in total. The largest absolute Gasteiger partial charge is 0.490 e. The van der Waals surface area contributed by atoms with E-state index in [1.54, 1.807) is 23.1 Å². The number of carbonyl (C=O) groups is 2. The van der Waals surface area contributed by atoms with Gasteiger partial charge in [0.1, 0.15) is 6.61 Å². The van der Waals surface area contributed by atoms with Gasteiger partial charge in [0.05, 0.1) is 32.0 Å². The third-order valence-electron chi connectivity index (χ3n) is 7.17. The summed E-state index contributed by atoms with van der Waals surface area (Å²) in [6, 6.07) is 26.5. The van der Waals surface area contributed by atoms with Crippen molar-refractivity contribution in [1.29, 1.82) is 0 Å². The van der Waals surface area contributed by atoms with Crippen molar-refractivity contribution < 1.29 is 24.2 Å². The normalized spacial score (nSPS) is 14.8. The number of carboxylic acid groups (broad SMARTS) is 1. The van der Waals surface area contributed by atoms with Gasteiger partial charge < -0.3 is 14.6 Å². The molecule has 0 saturated carbocycles. The van der Waals surface area contributed by atoms with Gasteiger partial charge in [-0.3, -0.25) is 9.69 Å². The number of halogens is 1. The van der Waals surface area contributed by atoms with Crippen molar-refractivity contribution in [2.24, 2.45) is 4.99 Å². The Labute approximate surface area is 281 Å². The molecule has 230 valence electrons. The summed E-state index contributed by atoms with van der Waals surface area (Å²) in [6.45, 7) is 6.71. The van der Waals surface area contributed by atoms with E-state index in [0.29, 0.717) is 28.2 Å². The van der Waals surface area contributed by atoms with Gasteiger partial charge in [-0.2, -0.15) is 0 Å². The molecule has 1 fully saturated rings. The van der Waals surface area contributed by atoms with Gasteiger partial charge in [-0.15, -0.1) is 0 Å². The van der Waals surface area contributed by atoms with Crippen LogP contribution >= 0.6 is 34.4 Å². The smallest absolute Gasteiger partial charge is 0.335 e. The van der Waals surface area contributed by atoms with E-state index < -0.39 is 5.97 Å². The third-order valence-corrected chi connectivity index (χ3v) is 8.94. The first-order valence-corrected chi connectivity index (χ1v) is 16.6. The average molecular weight is 733 g/mol. The van der Waals surface area contributed by atoms with E-state index in [9.17, 15) is 14.7 Å². The number of benzene rings is 4. The monoisotopic (exact) mass is 732 g/mol. The van der Waals surface area contributed by atoms with Gasteiger partial charge in [0, 0.05) is 0 Å². The minimum Gasteiger partial charge on any atom is -0.490 e. The van der Waals surface area contributed by atoms with Gasteiger partial charge in [0.15, 0.2) is 16.7 Å². The number of amides is 1. The molecule has 1 aliphatic heterocycles. The summed E-state index contributed by atoms with van der Waals surface area (Å²) in [6.07, 6.45) is 3.71. The minimum atomic E-state index is -0.989. The van der Waals surface area contributed by atoms with Crippen LogP contribution in [-0.4, -0.2) is 28.8 Å². The number of ether oxygens (including phenoxy) is 2. The number of hydrogen-bond acceptors (Lipinski definition) is 6. The quantitative estimate of drug-likeness (QED) is 0.123. The van der Waals surface area contributed by atoms with Gasteiger partial charge >= 0.3 is 5.97 Å². The molecule has 1 aliphatic rings. The lowest BCUT2D eigenvalue weighted by atomic mass is 10.1. The molecular formula is C36H33IN2O5S. The van der Waals surface area contributed by atoms with Crippen molar-refractivity contribution in [2.75, 3.05) is 11.5 Å². The van der Waals surface area contributed by atoms with Gasteiger partial charge in [-0.25, -0.2) is 9.79 Å². The first kappa shape index (κ1) is 32.3. The fourth-order valence-electron chi connectivity index (χ4n) is 4.75. The predicted octanol–water partition coefficient (Wildman–Crippen LogP) is 8.90. The van der Waals surface area contributed by atoms with Crippen LogP contribution in [0.15, 0.2) is 94.8 Å². The van der Waals surface area contributed by atoms with Crippen LogP contribution in [0.4, 0.5) is 11.4 Å². The van der Waals surface area contributed by atoms with Gasteiger partial charge in [0.2, 0.25) is 0 Å². The number of amidine groups is 1. The number of nitrogens with zero attached hydrogens (tertiary/aromatic N) is 2. The second-order valence-corrected chi connectivity index (χ2v) is 12.4. The van der Waals surface area contributed by atoms with Crippen LogP contribution in [0.1, 0.15) is 53.4 Å². The van der Waals surface area contributed by atoms with Crippen LogP contribution in [0, 0.1) is 3.57 Å². The van der Waals surface area contributed by atoms with E-state index in [2.05, 4.69) is 48.6 Å². The standard InChI is InChI=1S/C36H33IN2O5S/c1-4-23-10-14-28(15-11-23)38-36-39(29-16-12-24(5-2)13-17-29)34(40)32(45-36)21-26-19-30(37)33(31(20-26)43-6-3)44-22-25-8-7-9-27(18-25)35(41)42/h7-21H,4-6,22H2,1-3H3,(H,41,42)/b32-21-,38-36?. The number of anilines is 1. The molecule has 0 atom stereocenters. The van der Waals surface area contributed by atoms with Crippen molar-refractivity contribution in [1.82, 2.24) is 0 Å². The Morgan fingerprint density at radius 1 is 0.911 bits per heavy atom. The van der Waals surface area contributed by atoms with Gasteiger partial charge in [0.25, 0.3) is 5.91 Å². The zero-order valence-electron chi connectivity index (χ0n) is 25.2. The number of carbonyl (C=O) groups excluding carboxylic acids is 1. The molecule has 7 nitrogen and oxygen atoms in total. The molecule has 0 radical (unpaired) electrons. The zero-order valence-corrected chi connectivity index (χ0v) is 28.2. The van der Waals surface area contributed by atoms with Crippen molar-refractivity contribution in [3.05, 3.63) is 121 Å². The van der Waals surface area contributed by atoms with Gasteiger partial charge in [-0.1, -0.05) is 50.2 Å². The Balaban J connectivity index is 1.47. The second-order valence-electron chi connectivity index (χ2n) is 10.2. The summed E-state index contributed by atoms with van der Waals surface area (Å²) in [4.78, 5) is 32.4. The van der Waals surface area contributed by atoms with Crippen LogP contribution in [0.25, 0.3) is 6.08 Å². The Morgan fingerprint density at radius 3 is 2.24 bits per heavy atom. The molecule has 1 heterocycles. The summed E-state index contributed by atoms with van der Waals surface area (Å²) in [5, 5.41) is 9.91. The van der Waals surface area contributed by atoms with Crippen LogP contribution < -0.4 is 14.4 Å². The first-order chi connectivity index (χ1) is 21.8. The highest BCUT2D eigenvalue weighted by molar-refractivity contribution is 14.1. The highest BCUT2D eigenvalue weighted by atomic mass is 127. The lowest BCUT2D eigenvalue weighted by Gasteiger charge is -2.16. The molecule has 0 unspecified atom stereocenters. The van der Waals surface area contributed by atoms with E-state index in [1.165, 1.54) is 22.9 Å². The van der Waals surface area contributed by atoms with Crippen molar-refractivity contribution in [3.8, 4) is 11.5 Å². The molecule has 1 saturated heterocycles. The third kappa shape index (κ3) is 7.77. The summed E-state index contributed by atoms with van der Waals surface area (Å²) in [5.74, 6) is -0.0452. The molecule has 4 aromatic carbocycles. The molecule has 5 rings (SSSR count). The summed E-state index contributed by atoms with van der Waals surface area (Å²) >= 11 is 3.53. The zero-order chi connectivity index (χ0) is 31.9. The summed E-state index contributed by atoms with van der Waals surface area (Å²) in [5.41, 5.74) is 5.68. The average Bonchev–Trinajstić information content (AvgIpc) is 3.34. The highest BCUT2D eigenvalue weighted by Gasteiger charge is 2.35. The molecule has 4 aromatic rings. The molecule has 0 aromatic heterocycles. The predicted molar refractivity (Wildman–Crippen MR) is 190 cm³/mol. The van der Waals surface area contributed by atoms with Gasteiger partial charge in [-0.05, 0) is 131 Å². The van der Waals surface area contributed by atoms with Crippen molar-refractivity contribution >= 4 is 68.8 Å². The first-order valence-electron chi connectivity index (χ1n) is 14.7. The molecule has 0 bridgehead atoms. The minimum absolute atomic E-state index is 0.153. The molecular weight excluding hydrogens is 699 g/mol. The molecule has 0 aliphatic carbocycles.